The smallest absolute Gasteiger partial charge is 0.235 e. The van der Waals surface area contributed by atoms with Crippen molar-refractivity contribution in [3.8, 4) is 17.6 Å². The van der Waals surface area contributed by atoms with Gasteiger partial charge in [0.1, 0.15) is 5.75 Å². The van der Waals surface area contributed by atoms with E-state index < -0.39 is 58.3 Å². The number of carbonyl (C=O) groups excluding carboxylic acids is 5. The maximum Gasteiger partial charge on any atom is 0.235 e. The molecule has 3 aliphatic carbocycles. The molecule has 5 rings (SSSR count). The molecule has 39 heavy (non-hydrogen) atoms. The Balaban J connectivity index is 1.61. The minimum absolute atomic E-state index is 0.0453. The Labute approximate surface area is 225 Å². The summed E-state index contributed by atoms with van der Waals surface area (Å²) in [7, 11) is 3.57. The van der Waals surface area contributed by atoms with Gasteiger partial charge in [0.05, 0.1) is 17.0 Å². The highest BCUT2D eigenvalue weighted by Crippen LogP contribution is 2.51. The molecule has 2 fully saturated rings. The van der Waals surface area contributed by atoms with Gasteiger partial charge in [-0.2, -0.15) is 0 Å². The van der Waals surface area contributed by atoms with E-state index in [2.05, 4.69) is 11.8 Å². The molecule has 0 saturated heterocycles. The van der Waals surface area contributed by atoms with Crippen LogP contribution >= 0.6 is 0 Å². The number of aromatic hydroxyl groups is 1. The molecule has 3 aliphatic rings. The maximum absolute atomic E-state index is 13.9. The Morgan fingerprint density at radius 2 is 1.72 bits per heavy atom. The average molecular weight is 529 g/mol. The monoisotopic (exact) mass is 528 g/mol. The minimum Gasteiger partial charge on any atom is -0.506 e. The van der Waals surface area contributed by atoms with Gasteiger partial charge in [0.15, 0.2) is 34.7 Å². The molecule has 0 radical (unpaired) electrons. The van der Waals surface area contributed by atoms with E-state index in [1.165, 1.54) is 0 Å². The second-order valence-electron chi connectivity index (χ2n) is 10.9. The fourth-order valence-electron chi connectivity index (χ4n) is 6.29. The number of hydrogen-bond acceptors (Lipinski definition) is 8. The van der Waals surface area contributed by atoms with Crippen molar-refractivity contribution in [1.29, 1.82) is 0 Å². The Morgan fingerprint density at radius 3 is 2.33 bits per heavy atom. The van der Waals surface area contributed by atoms with Crippen LogP contribution < -0.4 is 10.6 Å². The summed E-state index contributed by atoms with van der Waals surface area (Å²) < 4.78 is 0. The number of rotatable bonds is 2. The first-order valence-electron chi connectivity index (χ1n) is 12.7. The number of phenols is 1. The predicted molar refractivity (Wildman–Crippen MR) is 140 cm³/mol. The topological polar surface area (TPSA) is 155 Å². The van der Waals surface area contributed by atoms with Crippen molar-refractivity contribution in [3.63, 3.8) is 0 Å². The molecule has 0 bridgehead atoms. The Bertz CT molecular complexity index is 1530. The third kappa shape index (κ3) is 3.94. The number of aryl methyl sites for hydroxylation is 1. The Hall–Kier alpha value is -4.29. The van der Waals surface area contributed by atoms with Crippen LogP contribution in [0.15, 0.2) is 30.3 Å². The summed E-state index contributed by atoms with van der Waals surface area (Å²) in [5.41, 5.74) is 5.63. The summed E-state index contributed by atoms with van der Waals surface area (Å²) in [6.07, 6.45) is -0.118. The van der Waals surface area contributed by atoms with Crippen molar-refractivity contribution in [2.45, 2.75) is 31.8 Å². The van der Waals surface area contributed by atoms with Gasteiger partial charge in [0.25, 0.3) is 0 Å². The molecule has 5 atom stereocenters. The van der Waals surface area contributed by atoms with Crippen LogP contribution in [0.1, 0.15) is 45.5 Å². The highest BCUT2D eigenvalue weighted by Gasteiger charge is 2.66. The number of aliphatic hydroxyl groups is 1. The second-order valence-corrected chi connectivity index (χ2v) is 10.9. The fourth-order valence-corrected chi connectivity index (χ4v) is 6.29. The Kier molecular flexibility index (Phi) is 6.19. The van der Waals surface area contributed by atoms with Crippen molar-refractivity contribution in [2.24, 2.45) is 29.4 Å². The van der Waals surface area contributed by atoms with Crippen LogP contribution in [0.5, 0.6) is 5.75 Å². The van der Waals surface area contributed by atoms with Crippen molar-refractivity contribution in [2.75, 3.05) is 19.0 Å². The molecule has 4 N–H and O–H groups in total. The molecule has 2 saturated carbocycles. The number of benzene rings is 2. The van der Waals surface area contributed by atoms with Gasteiger partial charge < -0.3 is 20.8 Å². The maximum atomic E-state index is 13.9. The van der Waals surface area contributed by atoms with Crippen LogP contribution in [0.3, 0.4) is 0 Å². The van der Waals surface area contributed by atoms with Gasteiger partial charge in [-0.3, -0.25) is 24.0 Å². The highest BCUT2D eigenvalue weighted by atomic mass is 16.3. The third-order valence-electron chi connectivity index (χ3n) is 8.25. The summed E-state index contributed by atoms with van der Waals surface area (Å²) in [4.78, 5) is 66.8. The lowest BCUT2D eigenvalue weighted by molar-refractivity contribution is -0.175. The first kappa shape index (κ1) is 26.3. The zero-order chi connectivity index (χ0) is 28.4. The molecular weight excluding hydrogens is 500 g/mol. The SMILES string of the molecule is Cc1ccc(C#Cc2cc(N(C)C)c3c(c2O)C(=O)C2C(=O)[C@]4(O)C(=O)C(C(N)=O)C(=O)C[C@@H]4C[C@@H]2C3)cc1. The molecule has 2 aromatic rings. The van der Waals surface area contributed by atoms with Crippen LogP contribution in [-0.2, 0) is 25.6 Å². The highest BCUT2D eigenvalue weighted by molar-refractivity contribution is 6.31. The number of Topliss-reactive ketones (excluding diaryl/α,β-unsaturated/α-hetero) is 4. The number of phenolic OH excluding ortho intramolecular Hbond substituents is 1. The van der Waals surface area contributed by atoms with Gasteiger partial charge >= 0.3 is 0 Å². The van der Waals surface area contributed by atoms with Crippen LogP contribution in [0.25, 0.3) is 0 Å². The van der Waals surface area contributed by atoms with E-state index in [0.29, 0.717) is 16.8 Å². The summed E-state index contributed by atoms with van der Waals surface area (Å²) in [5.74, 6) is -4.51. The number of amides is 1. The number of anilines is 1. The summed E-state index contributed by atoms with van der Waals surface area (Å²) in [6, 6.07) is 9.17. The first-order chi connectivity index (χ1) is 18.4. The van der Waals surface area contributed by atoms with E-state index in [0.717, 1.165) is 5.56 Å². The number of nitrogens with zero attached hydrogens (tertiary/aromatic N) is 1. The summed E-state index contributed by atoms with van der Waals surface area (Å²) in [5, 5.41) is 22.6. The molecule has 2 aromatic carbocycles. The number of hydrogen-bond donors (Lipinski definition) is 3. The van der Waals surface area contributed by atoms with Gasteiger partial charge in [0.2, 0.25) is 5.91 Å². The lowest BCUT2D eigenvalue weighted by atomic mass is 9.53. The number of carbonyl (C=O) groups is 5. The van der Waals surface area contributed by atoms with Crippen LogP contribution in [0.2, 0.25) is 0 Å². The molecule has 2 unspecified atom stereocenters. The minimum atomic E-state index is -2.68. The third-order valence-corrected chi connectivity index (χ3v) is 8.25. The van der Waals surface area contributed by atoms with Crippen molar-refractivity contribution in [1.82, 2.24) is 0 Å². The zero-order valence-corrected chi connectivity index (χ0v) is 21.8. The molecule has 0 aromatic heterocycles. The van der Waals surface area contributed by atoms with Gasteiger partial charge in [-0.05, 0) is 49.4 Å². The van der Waals surface area contributed by atoms with Crippen molar-refractivity contribution < 1.29 is 34.2 Å². The van der Waals surface area contributed by atoms with E-state index in [1.54, 1.807) is 25.1 Å². The van der Waals surface area contributed by atoms with E-state index >= 15 is 0 Å². The number of nitrogens with two attached hydrogens (primary N) is 1. The predicted octanol–water partition coefficient (Wildman–Crippen LogP) is 1.10. The lowest BCUT2D eigenvalue weighted by Crippen LogP contribution is -2.68. The first-order valence-corrected chi connectivity index (χ1v) is 12.7. The molecule has 9 nitrogen and oxygen atoms in total. The van der Waals surface area contributed by atoms with Gasteiger partial charge in [0, 0.05) is 37.7 Å². The van der Waals surface area contributed by atoms with Crippen molar-refractivity contribution in [3.05, 3.63) is 58.1 Å². The molecule has 0 aliphatic heterocycles. The Morgan fingerprint density at radius 1 is 1.05 bits per heavy atom. The molecule has 9 heteroatoms. The second kappa shape index (κ2) is 9.17. The normalized spacial score (nSPS) is 27.6. The summed E-state index contributed by atoms with van der Waals surface area (Å²) in [6.45, 7) is 1.95. The standard InChI is InChI=1S/C30H28N2O7/c1-14-4-6-15(7-5-14)8-9-16-12-20(32(2)3)19-11-17-10-18-13-21(33)24(29(31)38)28(37)30(18,39)27(36)22(17)26(35)23(19)25(16)34/h4-7,12,17-18,22,24,34,39H,10-11,13H2,1-3H3,(H2,31,38)/t17-,18+,22?,24?,30+/m1/s1. The number of primary amides is 1. The van der Waals surface area contributed by atoms with Gasteiger partial charge in [-0.25, -0.2) is 0 Å². The van der Waals surface area contributed by atoms with E-state index in [1.807, 2.05) is 31.2 Å². The van der Waals surface area contributed by atoms with Gasteiger partial charge in [-0.1, -0.05) is 29.5 Å². The van der Waals surface area contributed by atoms with E-state index in [4.69, 9.17) is 5.73 Å². The lowest BCUT2D eigenvalue weighted by Gasteiger charge is -2.48. The van der Waals surface area contributed by atoms with Crippen LogP contribution in [0.4, 0.5) is 5.69 Å². The number of fused-ring (bicyclic) bond motifs is 3. The molecule has 0 heterocycles. The van der Waals surface area contributed by atoms with E-state index in [-0.39, 0.29) is 36.1 Å². The molecular formula is C30H28N2O7. The zero-order valence-electron chi connectivity index (χ0n) is 21.8. The molecule has 0 spiro atoms. The van der Waals surface area contributed by atoms with Gasteiger partial charge in [-0.15, -0.1) is 0 Å². The van der Waals surface area contributed by atoms with Crippen molar-refractivity contribution >= 4 is 34.7 Å². The largest absolute Gasteiger partial charge is 0.506 e. The summed E-state index contributed by atoms with van der Waals surface area (Å²) >= 11 is 0. The van der Waals surface area contributed by atoms with Crippen LogP contribution in [-0.4, -0.2) is 58.9 Å². The average Bonchev–Trinajstić information content (AvgIpc) is 2.86. The fraction of sp³-hybridized carbons (Fsp3) is 0.367. The quantitative estimate of drug-likeness (QED) is 0.387. The van der Waals surface area contributed by atoms with Crippen LogP contribution in [0, 0.1) is 42.4 Å². The van der Waals surface area contributed by atoms with E-state index in [9.17, 15) is 34.2 Å². The molecule has 200 valence electrons. The molecule has 1 amide bonds. The number of ketones is 4.